The van der Waals surface area contributed by atoms with Crippen molar-refractivity contribution in [3.8, 4) is 0 Å². The number of nitrogens with zero attached hydrogens (tertiary/aromatic N) is 1. The fourth-order valence-electron chi connectivity index (χ4n) is 1.58. The van der Waals surface area contributed by atoms with Crippen molar-refractivity contribution >= 4 is 17.4 Å². The van der Waals surface area contributed by atoms with Gasteiger partial charge in [-0.15, -0.1) is 0 Å². The van der Waals surface area contributed by atoms with Gasteiger partial charge in [-0.2, -0.15) is 0 Å². The summed E-state index contributed by atoms with van der Waals surface area (Å²) >= 11 is 0. The maximum Gasteiger partial charge on any atom is 0.223 e. The van der Waals surface area contributed by atoms with Gasteiger partial charge in [0.15, 0.2) is 5.78 Å². The van der Waals surface area contributed by atoms with Gasteiger partial charge < -0.3 is 10.0 Å². The Hall–Kier alpha value is -2.10. The lowest BCUT2D eigenvalue weighted by molar-refractivity contribution is -0.116. The normalized spacial score (nSPS) is 10.5. The average Bonchev–Trinajstić information content (AvgIpc) is 2.30. The second-order valence-corrected chi connectivity index (χ2v) is 3.49. The third-order valence-electron chi connectivity index (χ3n) is 2.36. The molecular weight excluding hydrogens is 218 g/mol. The number of rotatable bonds is 4. The van der Waals surface area contributed by atoms with Crippen LogP contribution in [0.5, 0.6) is 0 Å². The van der Waals surface area contributed by atoms with E-state index in [1.54, 1.807) is 29.2 Å². The topological polar surface area (TPSA) is 57.6 Å². The minimum Gasteiger partial charge on any atom is -0.515 e. The van der Waals surface area contributed by atoms with E-state index in [0.717, 1.165) is 6.08 Å². The molecule has 0 atom stereocenters. The average molecular weight is 233 g/mol. The minimum absolute atomic E-state index is 0.0743. The van der Waals surface area contributed by atoms with Crippen LogP contribution in [-0.4, -0.2) is 23.3 Å². The van der Waals surface area contributed by atoms with Gasteiger partial charge in [-0.25, -0.2) is 0 Å². The third kappa shape index (κ3) is 3.17. The Morgan fingerprint density at radius 3 is 2.65 bits per heavy atom. The maximum atomic E-state index is 11.5. The smallest absolute Gasteiger partial charge is 0.223 e. The van der Waals surface area contributed by atoms with Crippen molar-refractivity contribution in [3.63, 3.8) is 0 Å². The first-order chi connectivity index (χ1) is 8.10. The SMILES string of the molecule is CCN(C(C)=O)c1cccc(C(=O)/C=C/O)c1. The Balaban J connectivity index is 3.08. The summed E-state index contributed by atoms with van der Waals surface area (Å²) in [5.74, 6) is -0.372. The van der Waals surface area contributed by atoms with Crippen LogP contribution in [0.3, 0.4) is 0 Å². The van der Waals surface area contributed by atoms with Gasteiger partial charge in [0.25, 0.3) is 0 Å². The van der Waals surface area contributed by atoms with Gasteiger partial charge in [-0.05, 0) is 19.1 Å². The van der Waals surface area contributed by atoms with Crippen LogP contribution in [0.4, 0.5) is 5.69 Å². The molecule has 0 fully saturated rings. The highest BCUT2D eigenvalue weighted by atomic mass is 16.2. The van der Waals surface area contributed by atoms with Crippen molar-refractivity contribution in [1.82, 2.24) is 0 Å². The zero-order valence-electron chi connectivity index (χ0n) is 9.88. The Bertz CT molecular complexity index is 452. The van der Waals surface area contributed by atoms with Crippen molar-refractivity contribution in [2.75, 3.05) is 11.4 Å². The third-order valence-corrected chi connectivity index (χ3v) is 2.36. The van der Waals surface area contributed by atoms with E-state index in [1.165, 1.54) is 6.92 Å². The lowest BCUT2D eigenvalue weighted by Gasteiger charge is -2.19. The molecular formula is C13H15NO3. The predicted molar refractivity (Wildman–Crippen MR) is 66.2 cm³/mol. The molecule has 0 radical (unpaired) electrons. The van der Waals surface area contributed by atoms with Gasteiger partial charge in [0.2, 0.25) is 5.91 Å². The first-order valence-corrected chi connectivity index (χ1v) is 5.33. The van der Waals surface area contributed by atoms with E-state index in [0.29, 0.717) is 24.1 Å². The summed E-state index contributed by atoms with van der Waals surface area (Å²) in [5, 5.41) is 8.54. The molecule has 1 N–H and O–H groups in total. The second kappa shape index (κ2) is 5.84. The molecule has 0 bridgehead atoms. The van der Waals surface area contributed by atoms with Crippen LogP contribution < -0.4 is 4.90 Å². The van der Waals surface area contributed by atoms with Crippen molar-refractivity contribution in [3.05, 3.63) is 42.2 Å². The largest absolute Gasteiger partial charge is 0.515 e. The summed E-state index contributed by atoms with van der Waals surface area (Å²) < 4.78 is 0. The fraction of sp³-hybridized carbons (Fsp3) is 0.231. The van der Waals surface area contributed by atoms with Crippen LogP contribution in [0.1, 0.15) is 24.2 Å². The zero-order valence-corrected chi connectivity index (χ0v) is 9.88. The van der Waals surface area contributed by atoms with Crippen LogP contribution in [0.2, 0.25) is 0 Å². The number of hydrogen-bond acceptors (Lipinski definition) is 3. The van der Waals surface area contributed by atoms with E-state index in [4.69, 9.17) is 5.11 Å². The molecule has 4 nitrogen and oxygen atoms in total. The summed E-state index contributed by atoms with van der Waals surface area (Å²) in [4.78, 5) is 24.5. The predicted octanol–water partition coefficient (Wildman–Crippen LogP) is 2.31. The Morgan fingerprint density at radius 1 is 1.41 bits per heavy atom. The van der Waals surface area contributed by atoms with Crippen LogP contribution in [-0.2, 0) is 4.79 Å². The molecule has 1 rings (SSSR count). The molecule has 0 spiro atoms. The van der Waals surface area contributed by atoms with Crippen LogP contribution >= 0.6 is 0 Å². The van der Waals surface area contributed by atoms with Gasteiger partial charge in [-0.1, -0.05) is 12.1 Å². The standard InChI is InChI=1S/C13H15NO3/c1-3-14(10(2)16)12-6-4-5-11(9-12)13(17)7-8-15/h4-9,15H,3H2,1-2H3/b8-7+. The highest BCUT2D eigenvalue weighted by molar-refractivity contribution is 6.05. The summed E-state index contributed by atoms with van der Waals surface area (Å²) in [6, 6.07) is 6.75. The number of ketones is 1. The summed E-state index contributed by atoms with van der Waals surface area (Å²) in [6.07, 6.45) is 1.78. The lowest BCUT2D eigenvalue weighted by Crippen LogP contribution is -2.27. The Kier molecular flexibility index (Phi) is 4.46. The van der Waals surface area contributed by atoms with Crippen LogP contribution in [0, 0.1) is 0 Å². The van der Waals surface area contributed by atoms with Gasteiger partial charge in [0.1, 0.15) is 0 Å². The number of aliphatic hydroxyl groups excluding tert-OH is 1. The number of benzene rings is 1. The molecule has 0 unspecified atom stereocenters. The maximum absolute atomic E-state index is 11.5. The number of hydrogen-bond donors (Lipinski definition) is 1. The van der Waals surface area contributed by atoms with E-state index in [2.05, 4.69) is 0 Å². The van der Waals surface area contributed by atoms with Crippen molar-refractivity contribution in [2.45, 2.75) is 13.8 Å². The quantitative estimate of drug-likeness (QED) is 0.493. The van der Waals surface area contributed by atoms with Gasteiger partial charge in [0, 0.05) is 30.8 Å². The molecule has 90 valence electrons. The summed E-state index contributed by atoms with van der Waals surface area (Å²) in [7, 11) is 0. The van der Waals surface area contributed by atoms with Gasteiger partial charge >= 0.3 is 0 Å². The Labute approximate surface area is 100 Å². The van der Waals surface area contributed by atoms with Crippen LogP contribution in [0.15, 0.2) is 36.6 Å². The highest BCUT2D eigenvalue weighted by Gasteiger charge is 2.10. The molecule has 1 aromatic rings. The first kappa shape index (κ1) is 13.0. The first-order valence-electron chi connectivity index (χ1n) is 5.33. The van der Waals surface area contributed by atoms with Crippen molar-refractivity contribution in [2.24, 2.45) is 0 Å². The molecule has 0 aliphatic rings. The molecule has 0 aromatic heterocycles. The van der Waals surface area contributed by atoms with E-state index >= 15 is 0 Å². The molecule has 1 amide bonds. The summed E-state index contributed by atoms with van der Waals surface area (Å²) in [5.41, 5.74) is 1.12. The van der Waals surface area contributed by atoms with Crippen molar-refractivity contribution < 1.29 is 14.7 Å². The summed E-state index contributed by atoms with van der Waals surface area (Å²) in [6.45, 7) is 3.89. The number of aliphatic hydroxyl groups is 1. The number of carbonyl (C=O) groups is 2. The van der Waals surface area contributed by atoms with E-state index in [-0.39, 0.29) is 11.7 Å². The fourth-order valence-corrected chi connectivity index (χ4v) is 1.58. The minimum atomic E-state index is -0.297. The van der Waals surface area contributed by atoms with Crippen LogP contribution in [0.25, 0.3) is 0 Å². The van der Waals surface area contributed by atoms with Gasteiger partial charge in [0.05, 0.1) is 6.26 Å². The molecule has 0 aliphatic carbocycles. The zero-order chi connectivity index (χ0) is 12.8. The van der Waals surface area contributed by atoms with Gasteiger partial charge in [-0.3, -0.25) is 9.59 Å². The molecule has 0 heterocycles. The molecule has 4 heteroatoms. The number of anilines is 1. The monoisotopic (exact) mass is 233 g/mol. The Morgan fingerprint density at radius 2 is 2.12 bits per heavy atom. The molecule has 0 saturated carbocycles. The van der Waals surface area contributed by atoms with E-state index < -0.39 is 0 Å². The lowest BCUT2D eigenvalue weighted by atomic mass is 10.1. The number of allylic oxidation sites excluding steroid dienone is 1. The number of amides is 1. The number of carbonyl (C=O) groups excluding carboxylic acids is 2. The van der Waals surface area contributed by atoms with E-state index in [9.17, 15) is 9.59 Å². The molecule has 0 aliphatic heterocycles. The highest BCUT2D eigenvalue weighted by Crippen LogP contribution is 2.17. The van der Waals surface area contributed by atoms with E-state index in [1.807, 2.05) is 6.92 Å². The van der Waals surface area contributed by atoms with Crippen molar-refractivity contribution in [1.29, 1.82) is 0 Å². The molecule has 0 saturated heterocycles. The second-order valence-electron chi connectivity index (χ2n) is 3.49. The molecule has 1 aromatic carbocycles. The molecule has 17 heavy (non-hydrogen) atoms.